The second kappa shape index (κ2) is 2.29. The highest BCUT2D eigenvalue weighted by atomic mass is 14.8. The van der Waals surface area contributed by atoms with Crippen LogP contribution in [-0.4, -0.2) is 4.98 Å². The Hall–Kier alpha value is -1.40. The van der Waals surface area contributed by atoms with Gasteiger partial charge in [0.15, 0.2) is 0 Å². The number of nitriles is 1. The van der Waals surface area contributed by atoms with Gasteiger partial charge in [0.1, 0.15) is 5.54 Å². The fourth-order valence-corrected chi connectivity index (χ4v) is 1.63. The number of rotatable bonds is 0. The molecule has 1 aliphatic carbocycles. The molecule has 1 unspecified atom stereocenters. The van der Waals surface area contributed by atoms with Crippen LogP contribution in [0.25, 0.3) is 0 Å². The Labute approximate surface area is 70.8 Å². The largest absolute Gasteiger partial charge is 0.310 e. The van der Waals surface area contributed by atoms with Crippen molar-refractivity contribution in [2.75, 3.05) is 0 Å². The van der Waals surface area contributed by atoms with Crippen LogP contribution in [0.4, 0.5) is 0 Å². The third kappa shape index (κ3) is 0.821. The number of aromatic nitrogens is 1. The Morgan fingerprint density at radius 1 is 1.67 bits per heavy atom. The van der Waals surface area contributed by atoms with Crippen molar-refractivity contribution in [2.24, 2.45) is 5.73 Å². The maximum atomic E-state index is 8.87. The standard InChI is InChI=1S/C9H9N3/c10-6-9(11)3-1-7-2-4-12-5-8(7)9/h2,4-5H,1,3,11H2. The average Bonchev–Trinajstić information content (AvgIpc) is 2.46. The lowest BCUT2D eigenvalue weighted by Gasteiger charge is -2.13. The zero-order chi connectivity index (χ0) is 8.60. The molecule has 3 heteroatoms. The van der Waals surface area contributed by atoms with Crippen molar-refractivity contribution in [1.29, 1.82) is 5.26 Å². The van der Waals surface area contributed by atoms with Gasteiger partial charge in [-0.05, 0) is 24.5 Å². The summed E-state index contributed by atoms with van der Waals surface area (Å²) < 4.78 is 0. The smallest absolute Gasteiger partial charge is 0.131 e. The maximum absolute atomic E-state index is 8.87. The van der Waals surface area contributed by atoms with Crippen molar-refractivity contribution in [3.05, 3.63) is 29.6 Å². The molecule has 0 spiro atoms. The molecular weight excluding hydrogens is 150 g/mol. The number of nitrogens with zero attached hydrogens (tertiary/aromatic N) is 2. The van der Waals surface area contributed by atoms with Crippen LogP contribution in [0.2, 0.25) is 0 Å². The highest BCUT2D eigenvalue weighted by Crippen LogP contribution is 2.33. The summed E-state index contributed by atoms with van der Waals surface area (Å²) in [5.74, 6) is 0. The summed E-state index contributed by atoms with van der Waals surface area (Å²) in [5, 5.41) is 8.87. The van der Waals surface area contributed by atoms with Crippen LogP contribution >= 0.6 is 0 Å². The topological polar surface area (TPSA) is 62.7 Å². The number of hydrogen-bond donors (Lipinski definition) is 1. The Bertz CT molecular complexity index is 353. The van der Waals surface area contributed by atoms with Gasteiger partial charge in [0, 0.05) is 18.0 Å². The summed E-state index contributed by atoms with van der Waals surface area (Å²) in [6.07, 6.45) is 5.04. The molecule has 0 fully saturated rings. The molecule has 1 atom stereocenters. The van der Waals surface area contributed by atoms with Gasteiger partial charge >= 0.3 is 0 Å². The highest BCUT2D eigenvalue weighted by Gasteiger charge is 2.34. The van der Waals surface area contributed by atoms with E-state index in [0.717, 1.165) is 17.5 Å². The lowest BCUT2D eigenvalue weighted by molar-refractivity contribution is 0.570. The molecule has 0 bridgehead atoms. The van der Waals surface area contributed by atoms with Crippen LogP contribution in [0.5, 0.6) is 0 Å². The molecule has 0 amide bonds. The lowest BCUT2D eigenvalue weighted by atomic mass is 9.97. The second-order valence-electron chi connectivity index (χ2n) is 3.12. The summed E-state index contributed by atoms with van der Waals surface area (Å²) in [6, 6.07) is 4.07. The summed E-state index contributed by atoms with van der Waals surface area (Å²) in [5.41, 5.74) is 7.14. The van der Waals surface area contributed by atoms with Crippen LogP contribution < -0.4 is 5.73 Å². The number of fused-ring (bicyclic) bond motifs is 1. The van der Waals surface area contributed by atoms with E-state index in [1.807, 2.05) is 6.07 Å². The molecule has 0 saturated carbocycles. The molecule has 0 radical (unpaired) electrons. The molecule has 0 aliphatic heterocycles. The van der Waals surface area contributed by atoms with Crippen molar-refractivity contribution >= 4 is 0 Å². The van der Waals surface area contributed by atoms with Gasteiger partial charge < -0.3 is 5.73 Å². The molecule has 1 aromatic heterocycles. The SMILES string of the molecule is N#CC1(N)CCc2ccncc21. The highest BCUT2D eigenvalue weighted by molar-refractivity contribution is 5.40. The van der Waals surface area contributed by atoms with Gasteiger partial charge in [-0.3, -0.25) is 4.98 Å². The van der Waals surface area contributed by atoms with Crippen molar-refractivity contribution in [2.45, 2.75) is 18.4 Å². The predicted octanol–water partition coefficient (Wildman–Crippen LogP) is 0.705. The first-order chi connectivity index (χ1) is 5.76. The molecule has 1 aromatic rings. The first kappa shape index (κ1) is 7.26. The van der Waals surface area contributed by atoms with Crippen LogP contribution in [0.15, 0.2) is 18.5 Å². The molecule has 0 saturated heterocycles. The molecular formula is C9H9N3. The fourth-order valence-electron chi connectivity index (χ4n) is 1.63. The Kier molecular flexibility index (Phi) is 1.39. The summed E-state index contributed by atoms with van der Waals surface area (Å²) >= 11 is 0. The predicted molar refractivity (Wildman–Crippen MR) is 44.0 cm³/mol. The minimum atomic E-state index is -0.788. The van der Waals surface area contributed by atoms with Crippen molar-refractivity contribution in [3.8, 4) is 6.07 Å². The molecule has 60 valence electrons. The van der Waals surface area contributed by atoms with E-state index in [4.69, 9.17) is 11.0 Å². The van der Waals surface area contributed by atoms with Gasteiger partial charge in [-0.15, -0.1) is 0 Å². The lowest BCUT2D eigenvalue weighted by Crippen LogP contribution is -2.31. The first-order valence-corrected chi connectivity index (χ1v) is 3.90. The molecule has 12 heavy (non-hydrogen) atoms. The Morgan fingerprint density at radius 2 is 2.50 bits per heavy atom. The van der Waals surface area contributed by atoms with E-state index >= 15 is 0 Å². The van der Waals surface area contributed by atoms with E-state index in [1.165, 1.54) is 0 Å². The van der Waals surface area contributed by atoms with Crippen molar-refractivity contribution in [3.63, 3.8) is 0 Å². The fraction of sp³-hybridized carbons (Fsp3) is 0.333. The summed E-state index contributed by atoms with van der Waals surface area (Å²) in [4.78, 5) is 3.97. The monoisotopic (exact) mass is 159 g/mol. The number of aryl methyl sites for hydroxylation is 1. The minimum absolute atomic E-state index is 0.713. The van der Waals surface area contributed by atoms with Crippen molar-refractivity contribution < 1.29 is 0 Å². The van der Waals surface area contributed by atoms with Crippen LogP contribution in [0, 0.1) is 11.3 Å². The molecule has 1 heterocycles. The summed E-state index contributed by atoms with van der Waals surface area (Å²) in [7, 11) is 0. The maximum Gasteiger partial charge on any atom is 0.131 e. The van der Waals surface area contributed by atoms with E-state index in [2.05, 4.69) is 11.1 Å². The van der Waals surface area contributed by atoms with Gasteiger partial charge in [-0.2, -0.15) is 5.26 Å². The van der Waals surface area contributed by atoms with Gasteiger partial charge in [-0.1, -0.05) is 0 Å². The normalized spacial score (nSPS) is 26.3. The quantitative estimate of drug-likeness (QED) is 0.606. The zero-order valence-electron chi connectivity index (χ0n) is 6.62. The Morgan fingerprint density at radius 3 is 3.25 bits per heavy atom. The Balaban J connectivity index is 2.58. The van der Waals surface area contributed by atoms with E-state index in [0.29, 0.717) is 6.42 Å². The van der Waals surface area contributed by atoms with Gasteiger partial charge in [0.05, 0.1) is 6.07 Å². The number of hydrogen-bond acceptors (Lipinski definition) is 3. The van der Waals surface area contributed by atoms with Gasteiger partial charge in [0.25, 0.3) is 0 Å². The summed E-state index contributed by atoms with van der Waals surface area (Å²) in [6.45, 7) is 0. The van der Waals surface area contributed by atoms with Crippen LogP contribution in [-0.2, 0) is 12.0 Å². The van der Waals surface area contributed by atoms with E-state index in [-0.39, 0.29) is 0 Å². The van der Waals surface area contributed by atoms with Crippen LogP contribution in [0.1, 0.15) is 17.5 Å². The molecule has 1 aliphatic rings. The molecule has 2 N–H and O–H groups in total. The zero-order valence-corrected chi connectivity index (χ0v) is 6.62. The van der Waals surface area contributed by atoms with E-state index < -0.39 is 5.54 Å². The van der Waals surface area contributed by atoms with Crippen molar-refractivity contribution in [1.82, 2.24) is 4.98 Å². The van der Waals surface area contributed by atoms with Crippen LogP contribution in [0.3, 0.4) is 0 Å². The van der Waals surface area contributed by atoms with E-state index in [1.54, 1.807) is 12.4 Å². The number of nitrogens with two attached hydrogens (primary N) is 1. The average molecular weight is 159 g/mol. The third-order valence-electron chi connectivity index (χ3n) is 2.38. The molecule has 2 rings (SSSR count). The second-order valence-corrected chi connectivity index (χ2v) is 3.12. The minimum Gasteiger partial charge on any atom is -0.310 e. The third-order valence-corrected chi connectivity index (χ3v) is 2.38. The first-order valence-electron chi connectivity index (χ1n) is 3.90. The molecule has 3 nitrogen and oxygen atoms in total. The van der Waals surface area contributed by atoms with E-state index in [9.17, 15) is 0 Å². The molecule has 0 aromatic carbocycles. The van der Waals surface area contributed by atoms with Gasteiger partial charge in [0.2, 0.25) is 0 Å². The van der Waals surface area contributed by atoms with Gasteiger partial charge in [-0.25, -0.2) is 0 Å². The number of pyridine rings is 1.